The van der Waals surface area contributed by atoms with E-state index in [1.165, 1.54) is 5.57 Å². The second-order valence-corrected chi connectivity index (χ2v) is 4.64. The summed E-state index contributed by atoms with van der Waals surface area (Å²) >= 11 is 0. The summed E-state index contributed by atoms with van der Waals surface area (Å²) in [4.78, 5) is 0. The molecule has 0 aliphatic rings. The van der Waals surface area contributed by atoms with E-state index in [1.54, 1.807) is 0 Å². The molecule has 0 saturated carbocycles. The van der Waals surface area contributed by atoms with Gasteiger partial charge in [-0.15, -0.1) is 5.10 Å². The zero-order chi connectivity index (χ0) is 11.3. The van der Waals surface area contributed by atoms with E-state index in [0.29, 0.717) is 5.92 Å². The van der Waals surface area contributed by atoms with Gasteiger partial charge >= 0.3 is 0 Å². The largest absolute Gasteiger partial charge is 0.252 e. The molecule has 0 fully saturated rings. The molecule has 0 spiro atoms. The van der Waals surface area contributed by atoms with E-state index in [2.05, 4.69) is 50.3 Å². The van der Waals surface area contributed by atoms with Crippen molar-refractivity contribution in [1.82, 2.24) is 15.0 Å². The average molecular weight is 207 g/mol. The third-order valence-electron chi connectivity index (χ3n) is 2.11. The van der Waals surface area contributed by atoms with Gasteiger partial charge in [-0.25, -0.2) is 0 Å². The molecule has 0 N–H and O–H groups in total. The topological polar surface area (TPSA) is 30.7 Å². The van der Waals surface area contributed by atoms with Gasteiger partial charge in [0.2, 0.25) is 0 Å². The lowest BCUT2D eigenvalue weighted by atomic mass is 10.1. The Morgan fingerprint density at radius 1 is 1.47 bits per heavy atom. The van der Waals surface area contributed by atoms with Crippen LogP contribution in [0.4, 0.5) is 0 Å². The highest BCUT2D eigenvalue weighted by molar-refractivity contribution is 4.95. The Morgan fingerprint density at radius 2 is 2.20 bits per heavy atom. The van der Waals surface area contributed by atoms with Crippen LogP contribution in [0.15, 0.2) is 17.8 Å². The third-order valence-corrected chi connectivity index (χ3v) is 2.11. The first kappa shape index (κ1) is 12.0. The van der Waals surface area contributed by atoms with Crippen molar-refractivity contribution in [2.24, 2.45) is 5.92 Å². The molecule has 15 heavy (non-hydrogen) atoms. The number of nitrogens with zero attached hydrogens (tertiary/aromatic N) is 3. The Balaban J connectivity index is 2.42. The summed E-state index contributed by atoms with van der Waals surface area (Å²) in [6.45, 7) is 9.55. The number of hydrogen-bond donors (Lipinski definition) is 0. The van der Waals surface area contributed by atoms with Gasteiger partial charge in [0.25, 0.3) is 0 Å². The summed E-state index contributed by atoms with van der Waals surface area (Å²) in [5, 5.41) is 8.25. The van der Waals surface area contributed by atoms with E-state index in [4.69, 9.17) is 0 Å². The lowest BCUT2D eigenvalue weighted by Gasteiger charge is -1.98. The smallest absolute Gasteiger partial charge is 0.0829 e. The fourth-order valence-corrected chi connectivity index (χ4v) is 1.45. The van der Waals surface area contributed by atoms with Gasteiger partial charge < -0.3 is 0 Å². The van der Waals surface area contributed by atoms with Crippen molar-refractivity contribution in [1.29, 1.82) is 0 Å². The second kappa shape index (κ2) is 5.69. The second-order valence-electron chi connectivity index (χ2n) is 4.64. The Labute approximate surface area is 92.2 Å². The molecule has 84 valence electrons. The van der Waals surface area contributed by atoms with E-state index in [1.807, 2.05) is 4.68 Å². The van der Waals surface area contributed by atoms with Crippen LogP contribution in [0.25, 0.3) is 0 Å². The SMILES string of the molecule is CC(C)=CCCn1cc(CC(C)C)nn1. The molecule has 0 aliphatic heterocycles. The van der Waals surface area contributed by atoms with Crippen LogP contribution in [0.5, 0.6) is 0 Å². The van der Waals surface area contributed by atoms with Gasteiger partial charge in [0, 0.05) is 12.7 Å². The molecule has 3 nitrogen and oxygen atoms in total. The van der Waals surface area contributed by atoms with Crippen molar-refractivity contribution in [3.8, 4) is 0 Å². The van der Waals surface area contributed by atoms with Gasteiger partial charge in [0.05, 0.1) is 5.69 Å². The monoisotopic (exact) mass is 207 g/mol. The zero-order valence-corrected chi connectivity index (χ0v) is 10.2. The molecule has 1 rings (SSSR count). The summed E-state index contributed by atoms with van der Waals surface area (Å²) < 4.78 is 1.93. The molecule has 0 atom stereocenters. The summed E-state index contributed by atoms with van der Waals surface area (Å²) in [7, 11) is 0. The van der Waals surface area contributed by atoms with Crippen molar-refractivity contribution >= 4 is 0 Å². The maximum atomic E-state index is 4.15. The van der Waals surface area contributed by atoms with Crippen LogP contribution < -0.4 is 0 Å². The van der Waals surface area contributed by atoms with Crippen molar-refractivity contribution in [2.75, 3.05) is 0 Å². The average Bonchev–Trinajstić information content (AvgIpc) is 2.50. The summed E-state index contributed by atoms with van der Waals surface area (Å²) in [6.07, 6.45) is 6.33. The predicted molar refractivity (Wildman–Crippen MR) is 62.6 cm³/mol. The number of aryl methyl sites for hydroxylation is 1. The van der Waals surface area contributed by atoms with Gasteiger partial charge in [0.1, 0.15) is 0 Å². The standard InChI is InChI=1S/C12H21N3/c1-10(2)6-5-7-15-9-12(13-14-15)8-11(3)4/h6,9,11H,5,7-8H2,1-4H3. The van der Waals surface area contributed by atoms with Crippen molar-refractivity contribution in [2.45, 2.75) is 47.1 Å². The highest BCUT2D eigenvalue weighted by Crippen LogP contribution is 2.04. The van der Waals surface area contributed by atoms with Gasteiger partial charge in [-0.2, -0.15) is 0 Å². The van der Waals surface area contributed by atoms with E-state index >= 15 is 0 Å². The quantitative estimate of drug-likeness (QED) is 0.695. The molecule has 1 heterocycles. The van der Waals surface area contributed by atoms with Gasteiger partial charge in [-0.1, -0.05) is 30.7 Å². The summed E-state index contributed by atoms with van der Waals surface area (Å²) in [6, 6.07) is 0. The third kappa shape index (κ3) is 4.77. The summed E-state index contributed by atoms with van der Waals surface area (Å²) in [5.74, 6) is 0.646. The van der Waals surface area contributed by atoms with Gasteiger partial charge in [0.15, 0.2) is 0 Å². The first-order chi connectivity index (χ1) is 7.08. The molecular weight excluding hydrogens is 186 g/mol. The van der Waals surface area contributed by atoms with Gasteiger partial charge in [-0.05, 0) is 32.6 Å². The van der Waals surface area contributed by atoms with Gasteiger partial charge in [-0.3, -0.25) is 4.68 Å². The molecule has 0 radical (unpaired) electrons. The van der Waals surface area contributed by atoms with Crippen LogP contribution in [-0.4, -0.2) is 15.0 Å². The molecule has 3 heteroatoms. The van der Waals surface area contributed by atoms with Crippen LogP contribution in [-0.2, 0) is 13.0 Å². The number of hydrogen-bond acceptors (Lipinski definition) is 2. The van der Waals surface area contributed by atoms with Crippen molar-refractivity contribution in [3.63, 3.8) is 0 Å². The molecule has 0 bridgehead atoms. The Kier molecular flexibility index (Phi) is 4.53. The molecule has 0 aromatic carbocycles. The van der Waals surface area contributed by atoms with Crippen molar-refractivity contribution in [3.05, 3.63) is 23.5 Å². The Hall–Kier alpha value is -1.12. The van der Waals surface area contributed by atoms with E-state index in [0.717, 1.165) is 25.1 Å². The van der Waals surface area contributed by atoms with E-state index in [9.17, 15) is 0 Å². The van der Waals surface area contributed by atoms with Crippen LogP contribution in [0.1, 0.15) is 39.8 Å². The zero-order valence-electron chi connectivity index (χ0n) is 10.2. The first-order valence-electron chi connectivity index (χ1n) is 5.60. The van der Waals surface area contributed by atoms with Crippen LogP contribution in [0.3, 0.4) is 0 Å². The number of allylic oxidation sites excluding steroid dienone is 2. The molecule has 1 aromatic rings. The minimum atomic E-state index is 0.646. The first-order valence-corrected chi connectivity index (χ1v) is 5.60. The maximum Gasteiger partial charge on any atom is 0.0829 e. The van der Waals surface area contributed by atoms with Crippen LogP contribution in [0.2, 0.25) is 0 Å². The molecule has 0 amide bonds. The molecular formula is C12H21N3. The molecule has 0 aliphatic carbocycles. The minimum Gasteiger partial charge on any atom is -0.252 e. The predicted octanol–water partition coefficient (Wildman–Crippen LogP) is 2.83. The highest BCUT2D eigenvalue weighted by Gasteiger charge is 2.02. The fourth-order valence-electron chi connectivity index (χ4n) is 1.45. The lowest BCUT2D eigenvalue weighted by molar-refractivity contribution is 0.594. The molecule has 0 saturated heterocycles. The molecule has 1 aromatic heterocycles. The number of rotatable bonds is 5. The van der Waals surface area contributed by atoms with E-state index in [-0.39, 0.29) is 0 Å². The van der Waals surface area contributed by atoms with Crippen molar-refractivity contribution < 1.29 is 0 Å². The molecule has 0 unspecified atom stereocenters. The van der Waals surface area contributed by atoms with Crippen LogP contribution in [0, 0.1) is 5.92 Å². The normalized spacial score (nSPS) is 10.7. The number of aromatic nitrogens is 3. The maximum absolute atomic E-state index is 4.15. The fraction of sp³-hybridized carbons (Fsp3) is 0.667. The summed E-state index contributed by atoms with van der Waals surface area (Å²) in [5.41, 5.74) is 2.46. The van der Waals surface area contributed by atoms with E-state index < -0.39 is 0 Å². The minimum absolute atomic E-state index is 0.646. The lowest BCUT2D eigenvalue weighted by Crippen LogP contribution is -1.97. The van der Waals surface area contributed by atoms with Crippen LogP contribution >= 0.6 is 0 Å². The Bertz CT molecular complexity index is 319. The highest BCUT2D eigenvalue weighted by atomic mass is 15.4. The Morgan fingerprint density at radius 3 is 2.80 bits per heavy atom.